The molecule has 4 nitrogen and oxygen atoms in total. The Balaban J connectivity index is 2.37. The number of methoxy groups -OCH3 is 1. The SMILES string of the molecule is COCC(O)CCNc1ncc(Cl)cc1Br. The maximum Gasteiger partial charge on any atom is 0.140 e. The summed E-state index contributed by atoms with van der Waals surface area (Å²) >= 11 is 9.11. The second-order valence-electron chi connectivity index (χ2n) is 3.31. The van der Waals surface area contributed by atoms with Crippen LogP contribution < -0.4 is 5.32 Å². The van der Waals surface area contributed by atoms with Crippen LogP contribution in [0.1, 0.15) is 6.42 Å². The number of aliphatic hydroxyl groups is 1. The Morgan fingerprint density at radius 2 is 2.44 bits per heavy atom. The molecule has 16 heavy (non-hydrogen) atoms. The van der Waals surface area contributed by atoms with Gasteiger partial charge in [-0.05, 0) is 28.4 Å². The highest BCUT2D eigenvalue weighted by Crippen LogP contribution is 2.22. The van der Waals surface area contributed by atoms with Crippen molar-refractivity contribution in [2.75, 3.05) is 25.6 Å². The first-order valence-electron chi connectivity index (χ1n) is 4.85. The Morgan fingerprint density at radius 1 is 1.69 bits per heavy atom. The predicted molar refractivity (Wildman–Crippen MR) is 67.9 cm³/mol. The zero-order chi connectivity index (χ0) is 12.0. The number of pyridine rings is 1. The third kappa shape index (κ3) is 4.65. The highest BCUT2D eigenvalue weighted by molar-refractivity contribution is 9.10. The standard InChI is InChI=1S/C10H14BrClN2O2/c1-16-6-8(15)2-3-13-10-9(11)4-7(12)5-14-10/h4-5,8,15H,2-3,6H2,1H3,(H,13,14). The van der Waals surface area contributed by atoms with E-state index in [1.807, 2.05) is 0 Å². The molecule has 0 radical (unpaired) electrons. The molecule has 6 heteroatoms. The predicted octanol–water partition coefficient (Wildman–Crippen LogP) is 2.31. The number of hydrogen-bond donors (Lipinski definition) is 2. The summed E-state index contributed by atoms with van der Waals surface area (Å²) in [6.45, 7) is 0.967. The zero-order valence-electron chi connectivity index (χ0n) is 8.91. The van der Waals surface area contributed by atoms with Gasteiger partial charge < -0.3 is 15.2 Å². The van der Waals surface area contributed by atoms with Crippen LogP contribution in [0.5, 0.6) is 0 Å². The quantitative estimate of drug-likeness (QED) is 0.847. The molecule has 0 aliphatic carbocycles. The number of halogens is 2. The van der Waals surface area contributed by atoms with Crippen LogP contribution in [0, 0.1) is 0 Å². The molecule has 1 atom stereocenters. The second-order valence-corrected chi connectivity index (χ2v) is 4.60. The maximum absolute atomic E-state index is 9.42. The van der Waals surface area contributed by atoms with Crippen molar-refractivity contribution in [3.05, 3.63) is 21.8 Å². The molecule has 0 aromatic carbocycles. The minimum atomic E-state index is -0.455. The Bertz CT molecular complexity index is 339. The van der Waals surface area contributed by atoms with Crippen LogP contribution >= 0.6 is 27.5 Å². The number of hydrogen-bond acceptors (Lipinski definition) is 4. The van der Waals surface area contributed by atoms with E-state index in [9.17, 15) is 5.11 Å². The van der Waals surface area contributed by atoms with Gasteiger partial charge in [0, 0.05) is 19.9 Å². The number of rotatable bonds is 6. The van der Waals surface area contributed by atoms with Gasteiger partial charge in [-0.2, -0.15) is 0 Å². The van der Waals surface area contributed by atoms with Gasteiger partial charge in [0.15, 0.2) is 0 Å². The third-order valence-electron chi connectivity index (χ3n) is 1.94. The number of nitrogens with zero attached hydrogens (tertiary/aromatic N) is 1. The summed E-state index contributed by atoms with van der Waals surface area (Å²) in [5.41, 5.74) is 0. The molecular formula is C10H14BrClN2O2. The highest BCUT2D eigenvalue weighted by atomic mass is 79.9. The summed E-state index contributed by atoms with van der Waals surface area (Å²) in [5.74, 6) is 0.717. The van der Waals surface area contributed by atoms with Gasteiger partial charge in [0.1, 0.15) is 5.82 Å². The fourth-order valence-corrected chi connectivity index (χ4v) is 1.96. The van der Waals surface area contributed by atoms with Gasteiger partial charge in [-0.25, -0.2) is 4.98 Å². The topological polar surface area (TPSA) is 54.4 Å². The molecule has 0 amide bonds. The van der Waals surface area contributed by atoms with Gasteiger partial charge >= 0.3 is 0 Å². The van der Waals surface area contributed by atoms with Gasteiger partial charge in [0.2, 0.25) is 0 Å². The second kappa shape index (κ2) is 7.06. The van der Waals surface area contributed by atoms with E-state index in [-0.39, 0.29) is 0 Å². The minimum absolute atomic E-state index is 0.344. The lowest BCUT2D eigenvalue weighted by atomic mass is 10.2. The molecule has 2 N–H and O–H groups in total. The molecule has 0 fully saturated rings. The van der Waals surface area contributed by atoms with Crippen LogP contribution in [0.25, 0.3) is 0 Å². The molecule has 1 aromatic heterocycles. The molecule has 0 aliphatic heterocycles. The first-order valence-corrected chi connectivity index (χ1v) is 6.02. The number of nitrogens with one attached hydrogen (secondary N) is 1. The Hall–Kier alpha value is -0.360. The van der Waals surface area contributed by atoms with E-state index in [0.717, 1.165) is 4.47 Å². The highest BCUT2D eigenvalue weighted by Gasteiger charge is 2.05. The normalized spacial score (nSPS) is 12.5. The largest absolute Gasteiger partial charge is 0.391 e. The first kappa shape index (κ1) is 13.7. The Morgan fingerprint density at radius 3 is 3.06 bits per heavy atom. The number of aliphatic hydroxyl groups excluding tert-OH is 1. The minimum Gasteiger partial charge on any atom is -0.391 e. The average Bonchev–Trinajstić information content (AvgIpc) is 2.22. The fraction of sp³-hybridized carbons (Fsp3) is 0.500. The van der Waals surface area contributed by atoms with Crippen molar-refractivity contribution in [1.82, 2.24) is 4.98 Å². The van der Waals surface area contributed by atoms with Gasteiger partial charge in [0.05, 0.1) is 22.2 Å². The third-order valence-corrected chi connectivity index (χ3v) is 2.75. The van der Waals surface area contributed by atoms with Crippen molar-refractivity contribution < 1.29 is 9.84 Å². The summed E-state index contributed by atoms with van der Waals surface area (Å²) in [5, 5.41) is 13.1. The molecule has 1 unspecified atom stereocenters. The van der Waals surface area contributed by atoms with Crippen molar-refractivity contribution in [3.63, 3.8) is 0 Å². The summed E-state index contributed by atoms with van der Waals surface area (Å²) in [6.07, 6.45) is 1.72. The van der Waals surface area contributed by atoms with Gasteiger partial charge in [-0.15, -0.1) is 0 Å². The summed E-state index contributed by atoms with van der Waals surface area (Å²) in [6, 6.07) is 1.77. The molecule has 0 spiro atoms. The number of ether oxygens (including phenoxy) is 1. The Labute approximate surface area is 108 Å². The van der Waals surface area contributed by atoms with Crippen LogP contribution in [0.2, 0.25) is 5.02 Å². The number of anilines is 1. The molecule has 1 aromatic rings. The van der Waals surface area contributed by atoms with E-state index in [1.54, 1.807) is 19.4 Å². The van der Waals surface area contributed by atoms with Crippen LogP contribution in [0.3, 0.4) is 0 Å². The lowest BCUT2D eigenvalue weighted by Gasteiger charge is -2.11. The van der Waals surface area contributed by atoms with Gasteiger partial charge in [-0.3, -0.25) is 0 Å². The van der Waals surface area contributed by atoms with E-state index in [2.05, 4.69) is 26.2 Å². The van der Waals surface area contributed by atoms with E-state index in [0.29, 0.717) is 30.4 Å². The van der Waals surface area contributed by atoms with Gasteiger partial charge in [-0.1, -0.05) is 11.6 Å². The molecule has 0 saturated heterocycles. The molecule has 0 saturated carbocycles. The monoisotopic (exact) mass is 308 g/mol. The lowest BCUT2D eigenvalue weighted by molar-refractivity contribution is 0.0615. The van der Waals surface area contributed by atoms with Gasteiger partial charge in [0.25, 0.3) is 0 Å². The van der Waals surface area contributed by atoms with Crippen molar-refractivity contribution in [2.24, 2.45) is 0 Å². The van der Waals surface area contributed by atoms with E-state index in [4.69, 9.17) is 16.3 Å². The van der Waals surface area contributed by atoms with Crippen molar-refractivity contribution in [2.45, 2.75) is 12.5 Å². The molecule has 0 bridgehead atoms. The average molecular weight is 310 g/mol. The zero-order valence-corrected chi connectivity index (χ0v) is 11.3. The molecular weight excluding hydrogens is 295 g/mol. The van der Waals surface area contributed by atoms with E-state index < -0.39 is 6.10 Å². The Kier molecular flexibility index (Phi) is 6.05. The van der Waals surface area contributed by atoms with Crippen molar-refractivity contribution >= 4 is 33.3 Å². The molecule has 1 heterocycles. The van der Waals surface area contributed by atoms with E-state index in [1.165, 1.54) is 0 Å². The maximum atomic E-state index is 9.42. The smallest absolute Gasteiger partial charge is 0.140 e. The van der Waals surface area contributed by atoms with Crippen LogP contribution in [-0.2, 0) is 4.74 Å². The first-order chi connectivity index (χ1) is 7.63. The lowest BCUT2D eigenvalue weighted by Crippen LogP contribution is -2.18. The summed E-state index contributed by atoms with van der Waals surface area (Å²) < 4.78 is 5.63. The van der Waals surface area contributed by atoms with Crippen LogP contribution in [0.15, 0.2) is 16.7 Å². The van der Waals surface area contributed by atoms with Crippen LogP contribution in [-0.4, -0.2) is 36.5 Å². The van der Waals surface area contributed by atoms with Crippen molar-refractivity contribution in [3.8, 4) is 0 Å². The molecule has 1 rings (SSSR count). The molecule has 90 valence electrons. The summed E-state index contributed by atoms with van der Waals surface area (Å²) in [4.78, 5) is 4.12. The summed E-state index contributed by atoms with van der Waals surface area (Å²) in [7, 11) is 1.56. The number of aromatic nitrogens is 1. The fourth-order valence-electron chi connectivity index (χ4n) is 1.18. The van der Waals surface area contributed by atoms with E-state index >= 15 is 0 Å². The van der Waals surface area contributed by atoms with Crippen LogP contribution in [0.4, 0.5) is 5.82 Å². The van der Waals surface area contributed by atoms with Crippen molar-refractivity contribution in [1.29, 1.82) is 0 Å². The molecule has 0 aliphatic rings.